The Bertz CT molecular complexity index is 516. The summed E-state index contributed by atoms with van der Waals surface area (Å²) in [5.74, 6) is 0. The van der Waals surface area contributed by atoms with Crippen molar-refractivity contribution in [2.24, 2.45) is 0 Å². The standard InChI is InChI=1S/C13H18N4O/c1-4-13-12(9-18)14-15-17(13)11-7-5-10(6-8-11)16(2)3/h5-8,18H,4,9H2,1-3H3. The van der Waals surface area contributed by atoms with Gasteiger partial charge in [-0.25, -0.2) is 4.68 Å². The minimum Gasteiger partial charge on any atom is -0.390 e. The van der Waals surface area contributed by atoms with Crippen molar-refractivity contribution in [2.45, 2.75) is 20.0 Å². The number of hydrogen-bond acceptors (Lipinski definition) is 4. The van der Waals surface area contributed by atoms with Crippen LogP contribution in [0.4, 0.5) is 5.69 Å². The molecule has 0 spiro atoms. The Balaban J connectivity index is 2.39. The zero-order valence-electron chi connectivity index (χ0n) is 11.0. The van der Waals surface area contributed by atoms with Crippen molar-refractivity contribution < 1.29 is 5.11 Å². The SMILES string of the molecule is CCc1c(CO)nnn1-c1ccc(N(C)C)cc1. The first-order valence-corrected chi connectivity index (χ1v) is 5.99. The monoisotopic (exact) mass is 246 g/mol. The third-order valence-corrected chi connectivity index (χ3v) is 2.94. The number of aliphatic hydroxyl groups is 1. The lowest BCUT2D eigenvalue weighted by molar-refractivity contribution is 0.275. The molecule has 5 heteroatoms. The highest BCUT2D eigenvalue weighted by molar-refractivity contribution is 5.50. The Hall–Kier alpha value is -1.88. The van der Waals surface area contributed by atoms with Gasteiger partial charge >= 0.3 is 0 Å². The van der Waals surface area contributed by atoms with Crippen LogP contribution < -0.4 is 4.90 Å². The lowest BCUT2D eigenvalue weighted by Crippen LogP contribution is -2.09. The average Bonchev–Trinajstić information content (AvgIpc) is 2.81. The lowest BCUT2D eigenvalue weighted by atomic mass is 10.2. The molecule has 0 saturated carbocycles. The van der Waals surface area contributed by atoms with Gasteiger partial charge in [0.05, 0.1) is 18.0 Å². The molecular formula is C13H18N4O. The van der Waals surface area contributed by atoms with Crippen molar-refractivity contribution in [1.29, 1.82) is 0 Å². The molecule has 1 aromatic carbocycles. The van der Waals surface area contributed by atoms with E-state index in [9.17, 15) is 5.11 Å². The van der Waals surface area contributed by atoms with Crippen LogP contribution in [-0.4, -0.2) is 34.2 Å². The highest BCUT2D eigenvalue weighted by Crippen LogP contribution is 2.17. The van der Waals surface area contributed by atoms with E-state index in [-0.39, 0.29) is 6.61 Å². The summed E-state index contributed by atoms with van der Waals surface area (Å²) in [5.41, 5.74) is 3.70. The van der Waals surface area contributed by atoms with E-state index in [0.29, 0.717) is 5.69 Å². The van der Waals surface area contributed by atoms with Gasteiger partial charge < -0.3 is 10.0 Å². The second-order valence-electron chi connectivity index (χ2n) is 4.32. The fourth-order valence-corrected chi connectivity index (χ4v) is 1.91. The van der Waals surface area contributed by atoms with Gasteiger partial charge in [-0.1, -0.05) is 12.1 Å². The fourth-order valence-electron chi connectivity index (χ4n) is 1.91. The number of aliphatic hydroxyl groups excluding tert-OH is 1. The number of benzene rings is 1. The van der Waals surface area contributed by atoms with E-state index in [1.54, 1.807) is 4.68 Å². The molecule has 2 rings (SSSR count). The summed E-state index contributed by atoms with van der Waals surface area (Å²) >= 11 is 0. The highest BCUT2D eigenvalue weighted by Gasteiger charge is 2.11. The van der Waals surface area contributed by atoms with Gasteiger partial charge in [0, 0.05) is 19.8 Å². The van der Waals surface area contributed by atoms with Gasteiger partial charge in [0.2, 0.25) is 0 Å². The summed E-state index contributed by atoms with van der Waals surface area (Å²) in [6.07, 6.45) is 0.790. The van der Waals surface area contributed by atoms with Crippen LogP contribution in [-0.2, 0) is 13.0 Å². The molecule has 0 fully saturated rings. The summed E-state index contributed by atoms with van der Waals surface area (Å²) < 4.78 is 1.78. The summed E-state index contributed by atoms with van der Waals surface area (Å²) in [4.78, 5) is 2.05. The van der Waals surface area contributed by atoms with Crippen LogP contribution in [0.25, 0.3) is 5.69 Å². The molecule has 0 atom stereocenters. The number of aromatic nitrogens is 3. The van der Waals surface area contributed by atoms with E-state index < -0.39 is 0 Å². The van der Waals surface area contributed by atoms with E-state index in [4.69, 9.17) is 0 Å². The van der Waals surface area contributed by atoms with Crippen molar-refractivity contribution in [3.05, 3.63) is 35.7 Å². The Morgan fingerprint density at radius 2 is 1.89 bits per heavy atom. The first-order chi connectivity index (χ1) is 8.67. The largest absolute Gasteiger partial charge is 0.390 e. The quantitative estimate of drug-likeness (QED) is 0.885. The molecule has 0 aliphatic carbocycles. The second kappa shape index (κ2) is 5.18. The first-order valence-electron chi connectivity index (χ1n) is 5.99. The molecule has 96 valence electrons. The minimum atomic E-state index is -0.0705. The van der Waals surface area contributed by atoms with Crippen molar-refractivity contribution in [3.63, 3.8) is 0 Å². The van der Waals surface area contributed by atoms with Crippen LogP contribution in [0.2, 0.25) is 0 Å². The molecule has 0 amide bonds. The molecule has 0 aliphatic rings. The molecule has 0 saturated heterocycles. The third-order valence-electron chi connectivity index (χ3n) is 2.94. The van der Waals surface area contributed by atoms with E-state index in [2.05, 4.69) is 10.3 Å². The van der Waals surface area contributed by atoms with Crippen LogP contribution in [0.5, 0.6) is 0 Å². The van der Waals surface area contributed by atoms with Crippen molar-refractivity contribution in [3.8, 4) is 5.69 Å². The molecule has 1 aromatic heterocycles. The molecule has 5 nitrogen and oxygen atoms in total. The summed E-state index contributed by atoms with van der Waals surface area (Å²) in [5, 5.41) is 17.3. The number of anilines is 1. The molecule has 0 unspecified atom stereocenters. The van der Waals surface area contributed by atoms with Gasteiger partial charge in [0.15, 0.2) is 0 Å². The molecular weight excluding hydrogens is 228 g/mol. The summed E-state index contributed by atoms with van der Waals surface area (Å²) in [7, 11) is 4.01. The Morgan fingerprint density at radius 1 is 1.22 bits per heavy atom. The number of rotatable bonds is 4. The first kappa shape index (κ1) is 12.6. The van der Waals surface area contributed by atoms with Crippen molar-refractivity contribution in [2.75, 3.05) is 19.0 Å². The molecule has 2 aromatic rings. The Kier molecular flexibility index (Phi) is 3.62. The van der Waals surface area contributed by atoms with Crippen LogP contribution >= 0.6 is 0 Å². The molecule has 0 radical (unpaired) electrons. The maximum Gasteiger partial charge on any atom is 0.112 e. The van der Waals surface area contributed by atoms with E-state index in [0.717, 1.165) is 23.5 Å². The van der Waals surface area contributed by atoms with E-state index in [1.165, 1.54) is 0 Å². The summed E-state index contributed by atoms with van der Waals surface area (Å²) in [6, 6.07) is 8.08. The molecule has 1 N–H and O–H groups in total. The van der Waals surface area contributed by atoms with Crippen LogP contribution in [0.15, 0.2) is 24.3 Å². The smallest absolute Gasteiger partial charge is 0.112 e. The van der Waals surface area contributed by atoms with Gasteiger partial charge in [-0.3, -0.25) is 0 Å². The van der Waals surface area contributed by atoms with Crippen molar-refractivity contribution in [1.82, 2.24) is 15.0 Å². The summed E-state index contributed by atoms with van der Waals surface area (Å²) in [6.45, 7) is 1.96. The zero-order chi connectivity index (χ0) is 13.1. The van der Waals surface area contributed by atoms with E-state index >= 15 is 0 Å². The minimum absolute atomic E-state index is 0.0705. The topological polar surface area (TPSA) is 54.2 Å². The zero-order valence-corrected chi connectivity index (χ0v) is 11.0. The lowest BCUT2D eigenvalue weighted by Gasteiger charge is -2.13. The normalized spacial score (nSPS) is 10.7. The van der Waals surface area contributed by atoms with Crippen LogP contribution in [0, 0.1) is 0 Å². The second-order valence-corrected chi connectivity index (χ2v) is 4.32. The Morgan fingerprint density at radius 3 is 2.39 bits per heavy atom. The molecule has 1 heterocycles. The van der Waals surface area contributed by atoms with Gasteiger partial charge in [-0.05, 0) is 30.7 Å². The molecule has 0 bridgehead atoms. The highest BCUT2D eigenvalue weighted by atomic mass is 16.3. The maximum absolute atomic E-state index is 9.20. The van der Waals surface area contributed by atoms with E-state index in [1.807, 2.05) is 50.2 Å². The Labute approximate surface area is 107 Å². The number of nitrogens with zero attached hydrogens (tertiary/aromatic N) is 4. The van der Waals surface area contributed by atoms with Gasteiger partial charge in [-0.15, -0.1) is 5.10 Å². The number of hydrogen-bond donors (Lipinski definition) is 1. The van der Waals surface area contributed by atoms with Crippen LogP contribution in [0.1, 0.15) is 18.3 Å². The predicted molar refractivity (Wildman–Crippen MR) is 71.0 cm³/mol. The average molecular weight is 246 g/mol. The van der Waals surface area contributed by atoms with Gasteiger partial charge in [0.1, 0.15) is 5.69 Å². The predicted octanol–water partition coefficient (Wildman–Crippen LogP) is 1.39. The fraction of sp³-hybridized carbons (Fsp3) is 0.385. The van der Waals surface area contributed by atoms with Gasteiger partial charge in [0.25, 0.3) is 0 Å². The molecule has 0 aliphatic heterocycles. The maximum atomic E-state index is 9.20. The van der Waals surface area contributed by atoms with Crippen LogP contribution in [0.3, 0.4) is 0 Å². The van der Waals surface area contributed by atoms with Gasteiger partial charge in [-0.2, -0.15) is 0 Å². The third kappa shape index (κ3) is 2.22. The molecule has 18 heavy (non-hydrogen) atoms. The van der Waals surface area contributed by atoms with Crippen molar-refractivity contribution >= 4 is 5.69 Å².